The van der Waals surface area contributed by atoms with Crippen LogP contribution in [0.4, 0.5) is 0 Å². The monoisotopic (exact) mass is 337 g/mol. The number of para-hydroxylation sites is 1. The van der Waals surface area contributed by atoms with E-state index in [1.807, 2.05) is 30.3 Å². The lowest BCUT2D eigenvalue weighted by atomic mass is 10.1. The minimum absolute atomic E-state index is 0. The predicted molar refractivity (Wildman–Crippen MR) is 88.6 cm³/mol. The molecule has 1 aromatic heterocycles. The number of methoxy groups -OCH3 is 1. The van der Waals surface area contributed by atoms with Gasteiger partial charge in [-0.3, -0.25) is 4.79 Å². The zero-order valence-corrected chi connectivity index (χ0v) is 13.7. The van der Waals surface area contributed by atoms with Crippen molar-refractivity contribution < 1.29 is 14.1 Å². The van der Waals surface area contributed by atoms with E-state index in [0.717, 1.165) is 30.7 Å². The average Bonchev–Trinajstić information content (AvgIpc) is 3.24. The zero-order valence-electron chi connectivity index (χ0n) is 12.9. The van der Waals surface area contributed by atoms with Gasteiger partial charge in [0.15, 0.2) is 5.76 Å². The lowest BCUT2D eigenvalue weighted by molar-refractivity contribution is -0.123. The summed E-state index contributed by atoms with van der Waals surface area (Å²) >= 11 is 0. The Morgan fingerprint density at radius 2 is 2.30 bits per heavy atom. The topological polar surface area (TPSA) is 76.4 Å². The molecule has 2 N–H and O–H groups in total. The number of hydrogen-bond acceptors (Lipinski definition) is 5. The first-order valence-electron chi connectivity index (χ1n) is 7.38. The number of carbonyl (C=O) groups excluding carboxylic acids is 1. The molecule has 1 aliphatic heterocycles. The first-order valence-corrected chi connectivity index (χ1v) is 7.38. The standard InChI is InChI=1S/C16H19N3O3.ClH/c1-21-15-7-3-2-5-12(15)14-9-11(22-19-14)10-18-16(20)13-6-4-8-17-13;/h2-3,5,7,9,13,17H,4,6,8,10H2,1H3,(H,18,20);1H/t13-;/m1./s1. The van der Waals surface area contributed by atoms with Crippen LogP contribution >= 0.6 is 12.4 Å². The SMILES string of the molecule is COc1ccccc1-c1cc(CNC(=O)[C@H]2CCCN2)on1.Cl. The van der Waals surface area contributed by atoms with Crippen molar-refractivity contribution >= 4 is 18.3 Å². The fourth-order valence-corrected chi connectivity index (χ4v) is 2.59. The van der Waals surface area contributed by atoms with E-state index >= 15 is 0 Å². The van der Waals surface area contributed by atoms with E-state index in [2.05, 4.69) is 15.8 Å². The lowest BCUT2D eigenvalue weighted by Crippen LogP contribution is -2.39. The third-order valence-electron chi connectivity index (χ3n) is 3.76. The second-order valence-corrected chi connectivity index (χ2v) is 5.25. The Bertz CT molecular complexity index is 654. The van der Waals surface area contributed by atoms with Gasteiger partial charge in [-0.1, -0.05) is 17.3 Å². The first kappa shape index (κ1) is 17.3. The Balaban J connectivity index is 0.00000192. The van der Waals surface area contributed by atoms with Gasteiger partial charge in [-0.05, 0) is 31.5 Å². The van der Waals surface area contributed by atoms with Crippen LogP contribution < -0.4 is 15.4 Å². The maximum atomic E-state index is 11.9. The van der Waals surface area contributed by atoms with Gasteiger partial charge in [0.1, 0.15) is 11.4 Å². The Morgan fingerprint density at radius 1 is 1.48 bits per heavy atom. The molecule has 1 saturated heterocycles. The number of ether oxygens (including phenoxy) is 1. The number of carbonyl (C=O) groups is 1. The third kappa shape index (κ3) is 4.03. The smallest absolute Gasteiger partial charge is 0.237 e. The predicted octanol–water partition coefficient (Wildman–Crippen LogP) is 2.14. The molecule has 2 aromatic rings. The van der Waals surface area contributed by atoms with Crippen LogP contribution in [0.2, 0.25) is 0 Å². The summed E-state index contributed by atoms with van der Waals surface area (Å²) in [5, 5.41) is 10.1. The summed E-state index contributed by atoms with van der Waals surface area (Å²) in [6.07, 6.45) is 1.92. The van der Waals surface area contributed by atoms with Crippen LogP contribution in [-0.2, 0) is 11.3 Å². The molecule has 1 amide bonds. The molecule has 1 atom stereocenters. The number of nitrogens with zero attached hydrogens (tertiary/aromatic N) is 1. The molecule has 3 rings (SSSR count). The first-order chi connectivity index (χ1) is 10.8. The van der Waals surface area contributed by atoms with Crippen LogP contribution in [0, 0.1) is 0 Å². The second kappa shape index (κ2) is 7.99. The van der Waals surface area contributed by atoms with Crippen molar-refractivity contribution in [3.05, 3.63) is 36.1 Å². The van der Waals surface area contributed by atoms with Crippen molar-refractivity contribution in [2.75, 3.05) is 13.7 Å². The fourth-order valence-electron chi connectivity index (χ4n) is 2.59. The number of rotatable bonds is 5. The van der Waals surface area contributed by atoms with Gasteiger partial charge in [0.05, 0.1) is 19.7 Å². The van der Waals surface area contributed by atoms with E-state index in [4.69, 9.17) is 9.26 Å². The minimum Gasteiger partial charge on any atom is -0.496 e. The van der Waals surface area contributed by atoms with E-state index in [1.54, 1.807) is 7.11 Å². The van der Waals surface area contributed by atoms with Gasteiger partial charge >= 0.3 is 0 Å². The Labute approximate surface area is 141 Å². The average molecular weight is 338 g/mol. The van der Waals surface area contributed by atoms with Crippen LogP contribution in [0.25, 0.3) is 11.3 Å². The van der Waals surface area contributed by atoms with Crippen molar-refractivity contribution in [1.29, 1.82) is 0 Å². The molecule has 1 aromatic carbocycles. The highest BCUT2D eigenvalue weighted by Gasteiger charge is 2.22. The van der Waals surface area contributed by atoms with E-state index in [9.17, 15) is 4.79 Å². The van der Waals surface area contributed by atoms with E-state index in [1.165, 1.54) is 0 Å². The molecule has 2 heterocycles. The number of benzene rings is 1. The molecule has 1 aliphatic rings. The molecule has 0 radical (unpaired) electrons. The fraction of sp³-hybridized carbons (Fsp3) is 0.375. The highest BCUT2D eigenvalue weighted by Crippen LogP contribution is 2.28. The normalized spacial score (nSPS) is 16.7. The summed E-state index contributed by atoms with van der Waals surface area (Å²) in [5.74, 6) is 1.36. The molecule has 6 nitrogen and oxygen atoms in total. The number of aromatic nitrogens is 1. The molecule has 7 heteroatoms. The van der Waals surface area contributed by atoms with E-state index in [-0.39, 0.29) is 24.4 Å². The molecule has 1 fully saturated rings. The Hall–Kier alpha value is -2.05. The highest BCUT2D eigenvalue weighted by molar-refractivity contribution is 5.85. The van der Waals surface area contributed by atoms with Crippen molar-refractivity contribution in [2.24, 2.45) is 0 Å². The van der Waals surface area contributed by atoms with Gasteiger partial charge < -0.3 is 19.9 Å². The number of halogens is 1. The summed E-state index contributed by atoms with van der Waals surface area (Å²) < 4.78 is 10.6. The molecule has 0 saturated carbocycles. The zero-order chi connectivity index (χ0) is 15.4. The van der Waals surface area contributed by atoms with Crippen molar-refractivity contribution in [3.8, 4) is 17.0 Å². The Morgan fingerprint density at radius 3 is 3.04 bits per heavy atom. The maximum Gasteiger partial charge on any atom is 0.237 e. The summed E-state index contributed by atoms with van der Waals surface area (Å²) in [6, 6.07) is 9.34. The summed E-state index contributed by atoms with van der Waals surface area (Å²) in [4.78, 5) is 11.9. The summed E-state index contributed by atoms with van der Waals surface area (Å²) in [6.45, 7) is 1.23. The molecule has 0 aliphatic carbocycles. The summed E-state index contributed by atoms with van der Waals surface area (Å²) in [7, 11) is 1.62. The second-order valence-electron chi connectivity index (χ2n) is 5.25. The van der Waals surface area contributed by atoms with Crippen LogP contribution in [0.3, 0.4) is 0 Å². The van der Waals surface area contributed by atoms with Crippen molar-refractivity contribution in [2.45, 2.75) is 25.4 Å². The van der Waals surface area contributed by atoms with Gasteiger partial charge in [0, 0.05) is 11.6 Å². The minimum atomic E-state index is -0.0865. The molecule has 124 valence electrons. The van der Waals surface area contributed by atoms with E-state index in [0.29, 0.717) is 18.0 Å². The van der Waals surface area contributed by atoms with Gasteiger partial charge in [-0.2, -0.15) is 0 Å². The number of nitrogens with one attached hydrogen (secondary N) is 2. The maximum absolute atomic E-state index is 11.9. The third-order valence-corrected chi connectivity index (χ3v) is 3.76. The van der Waals surface area contributed by atoms with Crippen LogP contribution in [0.15, 0.2) is 34.9 Å². The summed E-state index contributed by atoms with van der Waals surface area (Å²) in [5.41, 5.74) is 1.56. The van der Waals surface area contributed by atoms with Crippen LogP contribution in [-0.4, -0.2) is 30.8 Å². The van der Waals surface area contributed by atoms with Crippen molar-refractivity contribution in [1.82, 2.24) is 15.8 Å². The van der Waals surface area contributed by atoms with Gasteiger partial charge in [-0.15, -0.1) is 12.4 Å². The Kier molecular flexibility index (Phi) is 6.01. The van der Waals surface area contributed by atoms with Gasteiger partial charge in [0.2, 0.25) is 5.91 Å². The molecular formula is C16H20ClN3O3. The molecular weight excluding hydrogens is 318 g/mol. The van der Waals surface area contributed by atoms with Crippen LogP contribution in [0.5, 0.6) is 5.75 Å². The van der Waals surface area contributed by atoms with E-state index < -0.39 is 0 Å². The van der Waals surface area contributed by atoms with Gasteiger partial charge in [-0.25, -0.2) is 0 Å². The van der Waals surface area contributed by atoms with Crippen LogP contribution in [0.1, 0.15) is 18.6 Å². The molecule has 0 unspecified atom stereocenters. The highest BCUT2D eigenvalue weighted by atomic mass is 35.5. The molecule has 23 heavy (non-hydrogen) atoms. The quantitative estimate of drug-likeness (QED) is 0.874. The van der Waals surface area contributed by atoms with Gasteiger partial charge in [0.25, 0.3) is 0 Å². The molecule has 0 spiro atoms. The molecule has 0 bridgehead atoms. The number of amides is 1. The number of hydrogen-bond donors (Lipinski definition) is 2. The largest absolute Gasteiger partial charge is 0.496 e. The lowest BCUT2D eigenvalue weighted by Gasteiger charge is -2.09. The van der Waals surface area contributed by atoms with Crippen molar-refractivity contribution in [3.63, 3.8) is 0 Å².